The standard InChI is InChI=1S/C13H17NO3/c1-16-10-4-6-11(7-5-10)17-9-13(15)12-3-2-8-14-12/h4-7,12,14H,2-3,8-9H2,1H3. The molecule has 0 radical (unpaired) electrons. The number of carbonyl (C=O) groups excluding carboxylic acids is 1. The van der Waals surface area contributed by atoms with Gasteiger partial charge in [-0.1, -0.05) is 0 Å². The number of hydrogen-bond donors (Lipinski definition) is 1. The van der Waals surface area contributed by atoms with Gasteiger partial charge in [0.15, 0.2) is 5.78 Å². The zero-order valence-corrected chi connectivity index (χ0v) is 9.94. The lowest BCUT2D eigenvalue weighted by Crippen LogP contribution is -2.34. The van der Waals surface area contributed by atoms with Gasteiger partial charge in [-0.25, -0.2) is 0 Å². The van der Waals surface area contributed by atoms with Gasteiger partial charge in [0.25, 0.3) is 0 Å². The van der Waals surface area contributed by atoms with Crippen molar-refractivity contribution in [2.24, 2.45) is 0 Å². The SMILES string of the molecule is COc1ccc(OCC(=O)C2CCCN2)cc1. The molecular weight excluding hydrogens is 218 g/mol. The van der Waals surface area contributed by atoms with Crippen LogP contribution < -0.4 is 14.8 Å². The maximum atomic E-state index is 11.7. The Labute approximate surface area is 101 Å². The highest BCUT2D eigenvalue weighted by Crippen LogP contribution is 2.17. The number of methoxy groups -OCH3 is 1. The Morgan fingerprint density at radius 2 is 2.06 bits per heavy atom. The maximum Gasteiger partial charge on any atom is 0.186 e. The fourth-order valence-corrected chi connectivity index (χ4v) is 1.89. The molecular formula is C13H17NO3. The highest BCUT2D eigenvalue weighted by atomic mass is 16.5. The average Bonchev–Trinajstić information content (AvgIpc) is 2.90. The Kier molecular flexibility index (Phi) is 3.98. The first-order valence-corrected chi connectivity index (χ1v) is 5.82. The Hall–Kier alpha value is -1.55. The van der Waals surface area contributed by atoms with Gasteiger partial charge in [0.05, 0.1) is 13.2 Å². The molecule has 1 fully saturated rings. The number of carbonyl (C=O) groups is 1. The predicted molar refractivity (Wildman–Crippen MR) is 64.5 cm³/mol. The van der Waals surface area contributed by atoms with Gasteiger partial charge >= 0.3 is 0 Å². The average molecular weight is 235 g/mol. The number of ether oxygens (including phenoxy) is 2. The second-order valence-corrected chi connectivity index (χ2v) is 4.08. The van der Waals surface area contributed by atoms with Crippen LogP contribution in [0.15, 0.2) is 24.3 Å². The van der Waals surface area contributed by atoms with E-state index >= 15 is 0 Å². The molecule has 1 aliphatic rings. The topological polar surface area (TPSA) is 47.6 Å². The summed E-state index contributed by atoms with van der Waals surface area (Å²) in [5.74, 6) is 1.59. The van der Waals surface area contributed by atoms with Crippen molar-refractivity contribution in [2.45, 2.75) is 18.9 Å². The summed E-state index contributed by atoms with van der Waals surface area (Å²) in [6, 6.07) is 7.21. The Balaban J connectivity index is 1.82. The largest absolute Gasteiger partial charge is 0.497 e. The molecule has 1 unspecified atom stereocenters. The van der Waals surface area contributed by atoms with E-state index in [4.69, 9.17) is 9.47 Å². The summed E-state index contributed by atoms with van der Waals surface area (Å²) in [5, 5.41) is 3.16. The molecule has 4 nitrogen and oxygen atoms in total. The summed E-state index contributed by atoms with van der Waals surface area (Å²) >= 11 is 0. The van der Waals surface area contributed by atoms with E-state index in [1.54, 1.807) is 19.2 Å². The molecule has 2 rings (SSSR count). The molecule has 1 N–H and O–H groups in total. The van der Waals surface area contributed by atoms with Crippen molar-refractivity contribution in [3.8, 4) is 11.5 Å². The zero-order valence-electron chi connectivity index (χ0n) is 9.94. The first-order chi connectivity index (χ1) is 8.29. The van der Waals surface area contributed by atoms with Crippen LogP contribution >= 0.6 is 0 Å². The number of ketones is 1. The molecule has 0 saturated carbocycles. The highest BCUT2D eigenvalue weighted by molar-refractivity contribution is 5.85. The molecule has 17 heavy (non-hydrogen) atoms. The molecule has 0 amide bonds. The molecule has 1 aliphatic heterocycles. The van der Waals surface area contributed by atoms with Crippen molar-refractivity contribution in [1.29, 1.82) is 0 Å². The smallest absolute Gasteiger partial charge is 0.186 e. The van der Waals surface area contributed by atoms with E-state index in [1.807, 2.05) is 12.1 Å². The van der Waals surface area contributed by atoms with Crippen molar-refractivity contribution < 1.29 is 14.3 Å². The van der Waals surface area contributed by atoms with Crippen molar-refractivity contribution in [1.82, 2.24) is 5.32 Å². The van der Waals surface area contributed by atoms with E-state index in [9.17, 15) is 4.79 Å². The summed E-state index contributed by atoms with van der Waals surface area (Å²) in [6.45, 7) is 1.06. The number of rotatable bonds is 5. The predicted octanol–water partition coefficient (Wildman–Crippen LogP) is 1.40. The van der Waals surface area contributed by atoms with Crippen molar-refractivity contribution in [3.63, 3.8) is 0 Å². The molecule has 1 aromatic rings. The molecule has 0 aromatic heterocycles. The molecule has 1 heterocycles. The fraction of sp³-hybridized carbons (Fsp3) is 0.462. The van der Waals surface area contributed by atoms with E-state index in [1.165, 1.54) is 0 Å². The summed E-state index contributed by atoms with van der Waals surface area (Å²) < 4.78 is 10.5. The van der Waals surface area contributed by atoms with Crippen LogP contribution in [0.1, 0.15) is 12.8 Å². The summed E-state index contributed by atoms with van der Waals surface area (Å²) in [4.78, 5) is 11.7. The van der Waals surface area contributed by atoms with Crippen molar-refractivity contribution in [2.75, 3.05) is 20.3 Å². The van der Waals surface area contributed by atoms with Gasteiger partial charge < -0.3 is 14.8 Å². The van der Waals surface area contributed by atoms with E-state index in [0.717, 1.165) is 25.1 Å². The van der Waals surface area contributed by atoms with Crippen molar-refractivity contribution >= 4 is 5.78 Å². The van der Waals surface area contributed by atoms with Crippen LogP contribution in [-0.4, -0.2) is 32.1 Å². The lowest BCUT2D eigenvalue weighted by Gasteiger charge is -2.10. The third kappa shape index (κ3) is 3.20. The lowest BCUT2D eigenvalue weighted by atomic mass is 10.1. The van der Waals surface area contributed by atoms with Crippen LogP contribution in [0.3, 0.4) is 0 Å². The van der Waals surface area contributed by atoms with Crippen LogP contribution in [-0.2, 0) is 4.79 Å². The summed E-state index contributed by atoms with van der Waals surface area (Å²) in [7, 11) is 1.62. The van der Waals surface area contributed by atoms with Gasteiger partial charge in [-0.3, -0.25) is 4.79 Å². The molecule has 0 bridgehead atoms. The van der Waals surface area contributed by atoms with E-state index in [0.29, 0.717) is 5.75 Å². The third-order valence-corrected chi connectivity index (χ3v) is 2.89. The first kappa shape index (κ1) is 11.9. The Morgan fingerprint density at radius 3 is 2.65 bits per heavy atom. The summed E-state index contributed by atoms with van der Waals surface area (Å²) in [6.07, 6.45) is 1.99. The van der Waals surface area contributed by atoms with Gasteiger partial charge in [0, 0.05) is 0 Å². The van der Waals surface area contributed by atoms with Gasteiger partial charge in [-0.05, 0) is 43.7 Å². The lowest BCUT2D eigenvalue weighted by molar-refractivity contribution is -0.122. The van der Waals surface area contributed by atoms with Crippen LogP contribution in [0, 0.1) is 0 Å². The normalized spacial score (nSPS) is 19.0. The molecule has 4 heteroatoms. The molecule has 0 aliphatic carbocycles. The van der Waals surface area contributed by atoms with E-state index in [-0.39, 0.29) is 18.4 Å². The number of nitrogens with one attached hydrogen (secondary N) is 1. The molecule has 1 saturated heterocycles. The Morgan fingerprint density at radius 1 is 1.35 bits per heavy atom. The Bertz CT molecular complexity index is 369. The van der Waals surface area contributed by atoms with E-state index < -0.39 is 0 Å². The van der Waals surface area contributed by atoms with Crippen molar-refractivity contribution in [3.05, 3.63) is 24.3 Å². The first-order valence-electron chi connectivity index (χ1n) is 5.82. The fourth-order valence-electron chi connectivity index (χ4n) is 1.89. The van der Waals surface area contributed by atoms with Crippen LogP contribution in [0.2, 0.25) is 0 Å². The summed E-state index contributed by atoms with van der Waals surface area (Å²) in [5.41, 5.74) is 0. The maximum absolute atomic E-state index is 11.7. The van der Waals surface area contributed by atoms with Crippen LogP contribution in [0.4, 0.5) is 0 Å². The van der Waals surface area contributed by atoms with Crippen LogP contribution in [0.25, 0.3) is 0 Å². The third-order valence-electron chi connectivity index (χ3n) is 2.89. The number of benzene rings is 1. The van der Waals surface area contributed by atoms with Crippen LogP contribution in [0.5, 0.6) is 11.5 Å². The minimum absolute atomic E-state index is 0.0201. The quantitative estimate of drug-likeness (QED) is 0.838. The van der Waals surface area contributed by atoms with Gasteiger partial charge in [0.2, 0.25) is 0 Å². The molecule has 0 spiro atoms. The van der Waals surface area contributed by atoms with Gasteiger partial charge in [-0.2, -0.15) is 0 Å². The monoisotopic (exact) mass is 235 g/mol. The molecule has 92 valence electrons. The second kappa shape index (κ2) is 5.68. The highest BCUT2D eigenvalue weighted by Gasteiger charge is 2.21. The van der Waals surface area contributed by atoms with Gasteiger partial charge in [-0.15, -0.1) is 0 Å². The minimum Gasteiger partial charge on any atom is -0.497 e. The number of Topliss-reactive ketones (excluding diaryl/α,β-unsaturated/α-hetero) is 1. The van der Waals surface area contributed by atoms with E-state index in [2.05, 4.69) is 5.32 Å². The number of hydrogen-bond acceptors (Lipinski definition) is 4. The second-order valence-electron chi connectivity index (χ2n) is 4.08. The van der Waals surface area contributed by atoms with Gasteiger partial charge in [0.1, 0.15) is 18.1 Å². The zero-order chi connectivity index (χ0) is 12.1. The molecule has 1 atom stereocenters. The minimum atomic E-state index is -0.0201. The molecule has 1 aromatic carbocycles.